The van der Waals surface area contributed by atoms with Gasteiger partial charge in [0.15, 0.2) is 0 Å². The smallest absolute Gasteiger partial charge is 0.208 e. The van der Waals surface area contributed by atoms with E-state index in [-0.39, 0.29) is 0 Å². The summed E-state index contributed by atoms with van der Waals surface area (Å²) in [6, 6.07) is 0. The molecule has 0 aliphatic rings. The molecule has 12 heavy (non-hydrogen) atoms. The van der Waals surface area contributed by atoms with Gasteiger partial charge in [0, 0.05) is 24.7 Å². The first-order chi connectivity index (χ1) is 5.42. The number of hydrogen-bond donors (Lipinski definition) is 2. The van der Waals surface area contributed by atoms with Crippen LogP contribution in [0.15, 0.2) is 11.6 Å². The second-order valence-corrected chi connectivity index (χ2v) is 4.73. The second-order valence-electron chi connectivity index (χ2n) is 2.36. The number of halogens is 1. The van der Waals surface area contributed by atoms with E-state index in [1.54, 1.807) is 0 Å². The summed E-state index contributed by atoms with van der Waals surface area (Å²) in [5.74, 6) is 0. The van der Waals surface area contributed by atoms with Crippen molar-refractivity contribution in [3.63, 3.8) is 0 Å². The maximum atomic E-state index is 10.5. The van der Waals surface area contributed by atoms with Crippen molar-refractivity contribution in [3.05, 3.63) is 11.6 Å². The van der Waals surface area contributed by atoms with E-state index in [4.69, 9.17) is 11.6 Å². The molecule has 0 aromatic heterocycles. The van der Waals surface area contributed by atoms with Crippen LogP contribution in [0.3, 0.4) is 0 Å². The Kier molecular flexibility index (Phi) is 5.48. The topological polar surface area (TPSA) is 58.2 Å². The third-order valence-corrected chi connectivity index (χ3v) is 1.84. The van der Waals surface area contributed by atoms with E-state index in [0.29, 0.717) is 24.7 Å². The molecule has 0 heterocycles. The van der Waals surface area contributed by atoms with Gasteiger partial charge >= 0.3 is 0 Å². The van der Waals surface area contributed by atoms with Crippen LogP contribution >= 0.6 is 11.6 Å². The van der Waals surface area contributed by atoms with Gasteiger partial charge in [-0.25, -0.2) is 13.1 Å². The van der Waals surface area contributed by atoms with Crippen LogP contribution in [0, 0.1) is 0 Å². The molecule has 0 aromatic rings. The van der Waals surface area contributed by atoms with Crippen LogP contribution in [0.1, 0.15) is 0 Å². The lowest BCUT2D eigenvalue weighted by Crippen LogP contribution is -2.31. The molecule has 6 heteroatoms. The zero-order valence-corrected chi connectivity index (χ0v) is 8.50. The maximum Gasteiger partial charge on any atom is 0.208 e. The number of hydrogen-bond acceptors (Lipinski definition) is 3. The molecule has 0 saturated heterocycles. The van der Waals surface area contributed by atoms with Crippen LogP contribution < -0.4 is 10.0 Å². The van der Waals surface area contributed by atoms with E-state index in [2.05, 4.69) is 16.6 Å². The highest BCUT2D eigenvalue weighted by atomic mass is 35.5. The van der Waals surface area contributed by atoms with Gasteiger partial charge in [-0.05, 0) is 0 Å². The summed E-state index contributed by atoms with van der Waals surface area (Å²) in [7, 11) is -3.07. The molecule has 0 rings (SSSR count). The van der Waals surface area contributed by atoms with Crippen molar-refractivity contribution < 1.29 is 8.42 Å². The molecule has 72 valence electrons. The Morgan fingerprint density at radius 2 is 2.08 bits per heavy atom. The molecule has 0 atom stereocenters. The molecule has 0 amide bonds. The highest BCUT2D eigenvalue weighted by Gasteiger charge is 1.97. The summed E-state index contributed by atoms with van der Waals surface area (Å²) in [5.41, 5.74) is 0. The summed E-state index contributed by atoms with van der Waals surface area (Å²) in [5, 5.41) is 3.41. The number of nitrogens with one attached hydrogen (secondary N) is 2. The molecule has 2 N–H and O–H groups in total. The highest BCUT2D eigenvalue weighted by Crippen LogP contribution is 1.90. The molecule has 0 unspecified atom stereocenters. The van der Waals surface area contributed by atoms with Gasteiger partial charge in [0.05, 0.1) is 6.26 Å². The van der Waals surface area contributed by atoms with Gasteiger partial charge < -0.3 is 5.32 Å². The van der Waals surface area contributed by atoms with E-state index in [0.717, 1.165) is 6.26 Å². The quantitative estimate of drug-likeness (QED) is 0.604. The van der Waals surface area contributed by atoms with E-state index < -0.39 is 10.0 Å². The Labute approximate surface area is 78.0 Å². The standard InChI is InChI=1S/C6H13ClN2O2S/c1-6(7)5-8-3-4-9-12(2,10)11/h8-9H,1,3-5H2,2H3. The molecule has 0 saturated carbocycles. The van der Waals surface area contributed by atoms with Crippen LogP contribution in [0.5, 0.6) is 0 Å². The Bertz CT molecular complexity index is 238. The summed E-state index contributed by atoms with van der Waals surface area (Å²) < 4.78 is 23.4. The van der Waals surface area contributed by atoms with Crippen LogP contribution in [0.25, 0.3) is 0 Å². The summed E-state index contributed by atoms with van der Waals surface area (Å²) >= 11 is 5.45. The van der Waals surface area contributed by atoms with Crippen molar-refractivity contribution >= 4 is 21.6 Å². The zero-order chi connectivity index (χ0) is 9.61. The Balaban J connectivity index is 3.29. The molecule has 0 fully saturated rings. The lowest BCUT2D eigenvalue weighted by Gasteiger charge is -2.03. The minimum absolute atomic E-state index is 0.364. The minimum atomic E-state index is -3.07. The number of sulfonamides is 1. The first-order valence-electron chi connectivity index (χ1n) is 3.40. The van der Waals surface area contributed by atoms with E-state index >= 15 is 0 Å². The third-order valence-electron chi connectivity index (χ3n) is 0.983. The molecule has 0 aliphatic carbocycles. The van der Waals surface area contributed by atoms with Crippen LogP contribution in [-0.2, 0) is 10.0 Å². The van der Waals surface area contributed by atoms with Gasteiger partial charge in [-0.2, -0.15) is 0 Å². The normalized spacial score (nSPS) is 11.5. The zero-order valence-electron chi connectivity index (χ0n) is 6.93. The fourth-order valence-corrected chi connectivity index (χ4v) is 1.12. The molecular formula is C6H13ClN2O2S. The molecular weight excluding hydrogens is 200 g/mol. The minimum Gasteiger partial charge on any atom is -0.310 e. The van der Waals surface area contributed by atoms with Crippen LogP contribution in [0.4, 0.5) is 0 Å². The van der Waals surface area contributed by atoms with Gasteiger partial charge in [-0.3, -0.25) is 0 Å². The van der Waals surface area contributed by atoms with Crippen molar-refractivity contribution in [2.24, 2.45) is 0 Å². The van der Waals surface area contributed by atoms with Crippen molar-refractivity contribution in [2.45, 2.75) is 0 Å². The molecule has 0 aromatic carbocycles. The van der Waals surface area contributed by atoms with E-state index in [1.807, 2.05) is 0 Å². The van der Waals surface area contributed by atoms with Gasteiger partial charge in [0.1, 0.15) is 0 Å². The highest BCUT2D eigenvalue weighted by molar-refractivity contribution is 7.88. The first kappa shape index (κ1) is 11.9. The van der Waals surface area contributed by atoms with Gasteiger partial charge in [0.2, 0.25) is 10.0 Å². The fourth-order valence-electron chi connectivity index (χ4n) is 0.549. The van der Waals surface area contributed by atoms with Crippen molar-refractivity contribution in [1.82, 2.24) is 10.0 Å². The molecule has 0 radical (unpaired) electrons. The van der Waals surface area contributed by atoms with Gasteiger partial charge in [-0.1, -0.05) is 18.2 Å². The first-order valence-corrected chi connectivity index (χ1v) is 5.67. The fraction of sp³-hybridized carbons (Fsp3) is 0.667. The third kappa shape index (κ3) is 9.90. The largest absolute Gasteiger partial charge is 0.310 e. The SMILES string of the molecule is C=C(Cl)CNCCNS(C)(=O)=O. The predicted molar refractivity (Wildman–Crippen MR) is 50.7 cm³/mol. The predicted octanol–water partition coefficient (Wildman–Crippen LogP) is -0.122. The van der Waals surface area contributed by atoms with Crippen molar-refractivity contribution in [2.75, 3.05) is 25.9 Å². The Morgan fingerprint density at radius 1 is 1.50 bits per heavy atom. The summed E-state index contributed by atoms with van der Waals surface area (Å²) in [6.07, 6.45) is 1.12. The monoisotopic (exact) mass is 212 g/mol. The van der Waals surface area contributed by atoms with Crippen LogP contribution in [0.2, 0.25) is 0 Å². The molecule has 0 aliphatic heterocycles. The number of rotatable bonds is 6. The van der Waals surface area contributed by atoms with Crippen molar-refractivity contribution in [3.8, 4) is 0 Å². The molecule has 4 nitrogen and oxygen atoms in total. The van der Waals surface area contributed by atoms with Crippen molar-refractivity contribution in [1.29, 1.82) is 0 Å². The maximum absolute atomic E-state index is 10.5. The lowest BCUT2D eigenvalue weighted by molar-refractivity contribution is 0.584. The Morgan fingerprint density at radius 3 is 2.50 bits per heavy atom. The lowest BCUT2D eigenvalue weighted by atomic mass is 10.5. The summed E-state index contributed by atoms with van der Waals surface area (Å²) in [4.78, 5) is 0. The summed E-state index contributed by atoms with van der Waals surface area (Å²) in [6.45, 7) is 4.86. The molecule has 0 bridgehead atoms. The van der Waals surface area contributed by atoms with E-state index in [1.165, 1.54) is 0 Å². The average molecular weight is 213 g/mol. The average Bonchev–Trinajstić information content (AvgIpc) is 1.83. The molecule has 0 spiro atoms. The van der Waals surface area contributed by atoms with Gasteiger partial charge in [0.25, 0.3) is 0 Å². The second kappa shape index (κ2) is 5.53. The van der Waals surface area contributed by atoms with Gasteiger partial charge in [-0.15, -0.1) is 0 Å². The Hall–Kier alpha value is -0.100. The van der Waals surface area contributed by atoms with Crippen LogP contribution in [-0.4, -0.2) is 34.3 Å². The van der Waals surface area contributed by atoms with E-state index in [9.17, 15) is 8.42 Å².